The Morgan fingerprint density at radius 2 is 1.78 bits per heavy atom. The van der Waals surface area contributed by atoms with E-state index < -0.39 is 12.1 Å². The second-order valence-electron chi connectivity index (χ2n) is 3.80. The molecule has 0 radical (unpaired) electrons. The molecule has 0 saturated heterocycles. The molecule has 0 atom stereocenters. The van der Waals surface area contributed by atoms with Gasteiger partial charge in [0.2, 0.25) is 0 Å². The minimum Gasteiger partial charge on any atom is -0.420 e. The number of alkyl halides is 3. The molecule has 2 rings (SSSR count). The van der Waals surface area contributed by atoms with Crippen molar-refractivity contribution in [2.24, 2.45) is 0 Å². The zero-order valence-electron chi connectivity index (χ0n) is 9.41. The van der Waals surface area contributed by atoms with Gasteiger partial charge in [-0.25, -0.2) is 4.79 Å². The predicted molar refractivity (Wildman–Crippen MR) is 60.4 cm³/mol. The number of esters is 1. The number of hydrogen-bond acceptors (Lipinski definition) is 2. The summed E-state index contributed by atoms with van der Waals surface area (Å²) in [4.78, 5) is 10.8. The van der Waals surface area contributed by atoms with Crippen molar-refractivity contribution in [2.75, 3.05) is 0 Å². The summed E-state index contributed by atoms with van der Waals surface area (Å²) in [6.45, 7) is 1.61. The maximum absolute atomic E-state index is 12.1. The Hall–Kier alpha value is -2.04. The average molecular weight is 254 g/mol. The molecule has 0 fully saturated rings. The standard InChI is InChI=1S/C13H9F3O2/c1-8-10-5-3-2-4-9(10)6-7-11(8)18-12(17)13(14,15)16/h2-7H,1H3. The summed E-state index contributed by atoms with van der Waals surface area (Å²) in [5, 5.41) is 1.63. The number of carbonyl (C=O) groups is 1. The van der Waals surface area contributed by atoms with Gasteiger partial charge in [0.05, 0.1) is 0 Å². The number of aryl methyl sites for hydroxylation is 1. The van der Waals surface area contributed by atoms with Crippen molar-refractivity contribution < 1.29 is 22.7 Å². The highest BCUT2D eigenvalue weighted by atomic mass is 19.4. The molecule has 0 aromatic heterocycles. The number of rotatable bonds is 1. The fourth-order valence-electron chi connectivity index (χ4n) is 1.68. The average Bonchev–Trinajstić information content (AvgIpc) is 2.32. The van der Waals surface area contributed by atoms with Crippen molar-refractivity contribution >= 4 is 16.7 Å². The van der Waals surface area contributed by atoms with E-state index in [4.69, 9.17) is 0 Å². The zero-order valence-corrected chi connectivity index (χ0v) is 9.41. The van der Waals surface area contributed by atoms with Crippen LogP contribution in [0.15, 0.2) is 36.4 Å². The lowest BCUT2D eigenvalue weighted by molar-refractivity contribution is -0.189. The van der Waals surface area contributed by atoms with Gasteiger partial charge in [-0.15, -0.1) is 0 Å². The van der Waals surface area contributed by atoms with Crippen LogP contribution in [0, 0.1) is 6.92 Å². The second-order valence-corrected chi connectivity index (χ2v) is 3.80. The third-order valence-electron chi connectivity index (χ3n) is 2.58. The van der Waals surface area contributed by atoms with Crippen LogP contribution < -0.4 is 4.74 Å². The number of carbonyl (C=O) groups excluding carboxylic acids is 1. The quantitative estimate of drug-likeness (QED) is 0.574. The molecule has 5 heteroatoms. The van der Waals surface area contributed by atoms with Crippen LogP contribution in [-0.2, 0) is 4.79 Å². The monoisotopic (exact) mass is 254 g/mol. The summed E-state index contributed by atoms with van der Waals surface area (Å²) in [7, 11) is 0. The minimum absolute atomic E-state index is 0.0731. The molecule has 0 N–H and O–H groups in total. The normalized spacial score (nSPS) is 11.6. The molecule has 0 aliphatic rings. The van der Waals surface area contributed by atoms with Gasteiger partial charge in [-0.1, -0.05) is 30.3 Å². The van der Waals surface area contributed by atoms with Crippen LogP contribution in [0.5, 0.6) is 5.75 Å². The molecule has 0 amide bonds. The number of ether oxygens (including phenoxy) is 1. The van der Waals surface area contributed by atoms with Crippen LogP contribution >= 0.6 is 0 Å². The number of hydrogen-bond donors (Lipinski definition) is 0. The van der Waals surface area contributed by atoms with E-state index in [9.17, 15) is 18.0 Å². The molecule has 0 unspecified atom stereocenters. The first-order valence-electron chi connectivity index (χ1n) is 5.17. The number of halogens is 3. The van der Waals surface area contributed by atoms with Crippen LogP contribution in [0.2, 0.25) is 0 Å². The van der Waals surface area contributed by atoms with E-state index in [1.165, 1.54) is 6.07 Å². The Kier molecular flexibility index (Phi) is 2.98. The third-order valence-corrected chi connectivity index (χ3v) is 2.58. The summed E-state index contributed by atoms with van der Waals surface area (Å²) in [5.74, 6) is -2.28. The van der Waals surface area contributed by atoms with E-state index in [1.807, 2.05) is 12.1 Å². The van der Waals surface area contributed by atoms with Gasteiger partial charge in [-0.2, -0.15) is 13.2 Å². The summed E-state index contributed by atoms with van der Waals surface area (Å²) in [6.07, 6.45) is -4.99. The molecule has 2 nitrogen and oxygen atoms in total. The summed E-state index contributed by atoms with van der Waals surface area (Å²) >= 11 is 0. The Balaban J connectivity index is 2.41. The highest BCUT2D eigenvalue weighted by Crippen LogP contribution is 2.28. The van der Waals surface area contributed by atoms with Gasteiger partial charge in [-0.05, 0) is 29.3 Å². The van der Waals surface area contributed by atoms with Crippen LogP contribution in [0.1, 0.15) is 5.56 Å². The predicted octanol–water partition coefficient (Wildman–Crippen LogP) is 3.62. The lowest BCUT2D eigenvalue weighted by Crippen LogP contribution is -2.28. The topological polar surface area (TPSA) is 26.3 Å². The molecule has 0 aliphatic heterocycles. The van der Waals surface area contributed by atoms with Crippen LogP contribution in [0.3, 0.4) is 0 Å². The van der Waals surface area contributed by atoms with Crippen molar-refractivity contribution in [1.82, 2.24) is 0 Å². The molecule has 0 bridgehead atoms. The van der Waals surface area contributed by atoms with Crippen LogP contribution in [-0.4, -0.2) is 12.1 Å². The van der Waals surface area contributed by atoms with Crippen molar-refractivity contribution in [2.45, 2.75) is 13.1 Å². The molecule has 2 aromatic rings. The third kappa shape index (κ3) is 2.30. The Morgan fingerprint density at radius 1 is 1.11 bits per heavy atom. The van der Waals surface area contributed by atoms with Gasteiger partial charge in [-0.3, -0.25) is 0 Å². The second kappa shape index (κ2) is 4.33. The summed E-state index contributed by atoms with van der Waals surface area (Å²) in [6, 6.07) is 10.2. The minimum atomic E-state index is -4.99. The van der Waals surface area contributed by atoms with Gasteiger partial charge in [0.1, 0.15) is 5.75 Å². The fraction of sp³-hybridized carbons (Fsp3) is 0.154. The first-order chi connectivity index (χ1) is 8.39. The summed E-state index contributed by atoms with van der Waals surface area (Å²) < 4.78 is 40.7. The molecule has 0 saturated carbocycles. The fourth-order valence-corrected chi connectivity index (χ4v) is 1.68. The Labute approximate surface area is 101 Å². The maximum atomic E-state index is 12.1. The van der Waals surface area contributed by atoms with Gasteiger partial charge in [0, 0.05) is 0 Å². The highest BCUT2D eigenvalue weighted by Gasteiger charge is 2.41. The van der Waals surface area contributed by atoms with E-state index in [-0.39, 0.29) is 5.75 Å². The highest BCUT2D eigenvalue weighted by molar-refractivity contribution is 5.88. The van der Waals surface area contributed by atoms with E-state index in [1.54, 1.807) is 25.1 Å². The van der Waals surface area contributed by atoms with Gasteiger partial charge < -0.3 is 4.74 Å². The van der Waals surface area contributed by atoms with Crippen LogP contribution in [0.4, 0.5) is 13.2 Å². The van der Waals surface area contributed by atoms with Crippen molar-refractivity contribution in [3.8, 4) is 5.75 Å². The maximum Gasteiger partial charge on any atom is 0.491 e. The first kappa shape index (κ1) is 12.4. The van der Waals surface area contributed by atoms with Crippen molar-refractivity contribution in [3.05, 3.63) is 42.0 Å². The lowest BCUT2D eigenvalue weighted by atomic mass is 10.0. The summed E-state index contributed by atoms with van der Waals surface area (Å²) in [5.41, 5.74) is 0.505. The van der Waals surface area contributed by atoms with E-state index in [0.717, 1.165) is 10.8 Å². The zero-order chi connectivity index (χ0) is 13.3. The largest absolute Gasteiger partial charge is 0.491 e. The first-order valence-corrected chi connectivity index (χ1v) is 5.17. The van der Waals surface area contributed by atoms with Crippen molar-refractivity contribution in [1.29, 1.82) is 0 Å². The Morgan fingerprint density at radius 3 is 2.44 bits per heavy atom. The molecule has 0 heterocycles. The number of benzene rings is 2. The number of fused-ring (bicyclic) bond motifs is 1. The van der Waals surface area contributed by atoms with Gasteiger partial charge >= 0.3 is 12.1 Å². The molecular weight excluding hydrogens is 245 g/mol. The SMILES string of the molecule is Cc1c(OC(=O)C(F)(F)F)ccc2ccccc12. The molecule has 18 heavy (non-hydrogen) atoms. The van der Waals surface area contributed by atoms with Crippen molar-refractivity contribution in [3.63, 3.8) is 0 Å². The molecule has 94 valence electrons. The molecular formula is C13H9F3O2. The molecule has 2 aromatic carbocycles. The van der Waals surface area contributed by atoms with E-state index >= 15 is 0 Å². The smallest absolute Gasteiger partial charge is 0.420 e. The molecule has 0 spiro atoms. The molecule has 0 aliphatic carbocycles. The lowest BCUT2D eigenvalue weighted by Gasteiger charge is -2.11. The Bertz CT molecular complexity index is 603. The van der Waals surface area contributed by atoms with Gasteiger partial charge in [0.15, 0.2) is 0 Å². The van der Waals surface area contributed by atoms with Crippen LogP contribution in [0.25, 0.3) is 10.8 Å². The van der Waals surface area contributed by atoms with Gasteiger partial charge in [0.25, 0.3) is 0 Å². The van der Waals surface area contributed by atoms with E-state index in [2.05, 4.69) is 4.74 Å². The van der Waals surface area contributed by atoms with E-state index in [0.29, 0.717) is 5.56 Å².